The van der Waals surface area contributed by atoms with Crippen molar-refractivity contribution in [3.8, 4) is 0 Å². The molecule has 0 bridgehead atoms. The molecular weight excluding hydrogens is 342 g/mol. The summed E-state index contributed by atoms with van der Waals surface area (Å²) in [6, 6.07) is 9.77. The van der Waals surface area contributed by atoms with Gasteiger partial charge in [-0.1, -0.05) is 77.1 Å². The molecule has 0 aliphatic carbocycles. The number of amides is 1. The normalized spacial score (nSPS) is 15.1. The first kappa shape index (κ1) is 22.4. The Morgan fingerprint density at radius 2 is 1.73 bits per heavy atom. The predicted molar refractivity (Wildman–Crippen MR) is 112 cm³/mol. The van der Waals surface area contributed by atoms with Gasteiger partial charge in [-0.05, 0) is 29.6 Å². The fourth-order valence-electron chi connectivity index (χ4n) is 2.35. The van der Waals surface area contributed by atoms with Gasteiger partial charge in [0.05, 0.1) is 19.3 Å². The second kappa shape index (κ2) is 9.37. The molecule has 0 saturated carbocycles. The molecule has 0 unspecified atom stereocenters. The maximum Gasteiger partial charge on any atom is 0.407 e. The van der Waals surface area contributed by atoms with Crippen molar-refractivity contribution in [2.24, 2.45) is 5.92 Å². The third-order valence-electron chi connectivity index (χ3n) is 5.01. The van der Waals surface area contributed by atoms with Crippen molar-refractivity contribution in [1.29, 1.82) is 0 Å². The summed E-state index contributed by atoms with van der Waals surface area (Å²) >= 11 is 0. The van der Waals surface area contributed by atoms with Crippen LogP contribution in [0.2, 0.25) is 18.1 Å². The molecule has 146 valence electrons. The molecule has 1 aromatic carbocycles. The highest BCUT2D eigenvalue weighted by atomic mass is 28.4. The summed E-state index contributed by atoms with van der Waals surface area (Å²) in [6.07, 6.45) is 3.45. The van der Waals surface area contributed by atoms with E-state index < -0.39 is 14.4 Å². The number of alkyl carbamates (subject to hydrolysis) is 1. The molecule has 26 heavy (non-hydrogen) atoms. The van der Waals surface area contributed by atoms with Gasteiger partial charge in [-0.25, -0.2) is 4.79 Å². The molecular formula is C21H35NO3Si. The first-order valence-electron chi connectivity index (χ1n) is 9.23. The van der Waals surface area contributed by atoms with Crippen molar-refractivity contribution < 1.29 is 14.0 Å². The topological polar surface area (TPSA) is 47.6 Å². The molecule has 0 aromatic heterocycles. The van der Waals surface area contributed by atoms with Crippen LogP contribution in [0.4, 0.5) is 4.79 Å². The highest BCUT2D eigenvalue weighted by molar-refractivity contribution is 6.74. The van der Waals surface area contributed by atoms with Gasteiger partial charge in [0.25, 0.3) is 0 Å². The monoisotopic (exact) mass is 377 g/mol. The molecule has 0 saturated heterocycles. The molecule has 5 heteroatoms. The Labute approximate surface area is 160 Å². The summed E-state index contributed by atoms with van der Waals surface area (Å²) in [7, 11) is -0.608. The lowest BCUT2D eigenvalue weighted by atomic mass is 9.98. The van der Waals surface area contributed by atoms with Crippen molar-refractivity contribution in [1.82, 2.24) is 5.32 Å². The van der Waals surface area contributed by atoms with E-state index in [2.05, 4.69) is 53.0 Å². The smallest absolute Gasteiger partial charge is 0.407 e. The zero-order chi connectivity index (χ0) is 20.0. The van der Waals surface area contributed by atoms with Gasteiger partial charge in [0.15, 0.2) is 8.32 Å². The summed E-state index contributed by atoms with van der Waals surface area (Å²) in [6.45, 7) is 15.4. The average molecular weight is 378 g/mol. The van der Waals surface area contributed by atoms with Crippen LogP contribution in [-0.4, -0.2) is 33.7 Å². The minimum Gasteiger partial charge on any atom is -0.453 e. The highest BCUT2D eigenvalue weighted by Crippen LogP contribution is 2.38. The number of hydrogen-bond acceptors (Lipinski definition) is 3. The molecule has 0 fully saturated rings. The Hall–Kier alpha value is -1.59. The van der Waals surface area contributed by atoms with E-state index >= 15 is 0 Å². The van der Waals surface area contributed by atoms with Gasteiger partial charge >= 0.3 is 6.09 Å². The van der Waals surface area contributed by atoms with Crippen LogP contribution in [-0.2, 0) is 9.16 Å². The van der Waals surface area contributed by atoms with Crippen LogP contribution in [0.25, 0.3) is 6.08 Å². The maximum atomic E-state index is 11.9. The van der Waals surface area contributed by atoms with Crippen LogP contribution in [0, 0.1) is 5.92 Å². The molecule has 2 atom stereocenters. The lowest BCUT2D eigenvalue weighted by molar-refractivity contribution is 0.101. The number of benzene rings is 1. The van der Waals surface area contributed by atoms with Crippen molar-refractivity contribution in [2.75, 3.05) is 7.11 Å². The van der Waals surface area contributed by atoms with Gasteiger partial charge in [-0.15, -0.1) is 0 Å². The number of rotatable bonds is 7. The van der Waals surface area contributed by atoms with E-state index in [1.165, 1.54) is 7.11 Å². The number of nitrogens with one attached hydrogen (secondary N) is 1. The van der Waals surface area contributed by atoms with E-state index in [1.54, 1.807) is 0 Å². The van der Waals surface area contributed by atoms with Crippen LogP contribution in [0.15, 0.2) is 36.4 Å². The summed E-state index contributed by atoms with van der Waals surface area (Å²) in [4.78, 5) is 11.9. The first-order valence-corrected chi connectivity index (χ1v) is 12.1. The predicted octanol–water partition coefficient (Wildman–Crippen LogP) is 5.47. The Morgan fingerprint density at radius 3 is 2.19 bits per heavy atom. The van der Waals surface area contributed by atoms with E-state index in [-0.39, 0.29) is 23.1 Å². The first-order chi connectivity index (χ1) is 12.0. The fourth-order valence-corrected chi connectivity index (χ4v) is 3.81. The zero-order valence-corrected chi connectivity index (χ0v) is 18.5. The van der Waals surface area contributed by atoms with E-state index in [0.29, 0.717) is 0 Å². The minimum atomic E-state index is -1.99. The van der Waals surface area contributed by atoms with Crippen molar-refractivity contribution in [3.05, 3.63) is 42.0 Å². The molecule has 1 N–H and O–H groups in total. The average Bonchev–Trinajstić information content (AvgIpc) is 2.56. The largest absolute Gasteiger partial charge is 0.453 e. The third kappa shape index (κ3) is 6.61. The second-order valence-corrected chi connectivity index (χ2v) is 13.3. The Kier molecular flexibility index (Phi) is 8.09. The molecule has 1 rings (SSSR count). The highest BCUT2D eigenvalue weighted by Gasteiger charge is 2.41. The van der Waals surface area contributed by atoms with E-state index in [0.717, 1.165) is 5.56 Å². The van der Waals surface area contributed by atoms with Gasteiger partial charge < -0.3 is 14.5 Å². The van der Waals surface area contributed by atoms with Crippen LogP contribution < -0.4 is 5.32 Å². The van der Waals surface area contributed by atoms with Crippen molar-refractivity contribution >= 4 is 20.5 Å². The molecule has 4 nitrogen and oxygen atoms in total. The second-order valence-electron chi connectivity index (χ2n) is 8.52. The van der Waals surface area contributed by atoms with Crippen molar-refractivity contribution in [2.45, 2.75) is 64.9 Å². The van der Waals surface area contributed by atoms with Gasteiger partial charge in [0, 0.05) is 0 Å². The third-order valence-corrected chi connectivity index (χ3v) is 9.49. The minimum absolute atomic E-state index is 0.0963. The van der Waals surface area contributed by atoms with E-state index in [9.17, 15) is 4.79 Å². The number of hydrogen-bond donors (Lipinski definition) is 1. The van der Waals surface area contributed by atoms with Crippen LogP contribution in [0.5, 0.6) is 0 Å². The summed E-state index contributed by atoms with van der Waals surface area (Å²) in [5.74, 6) is 0.242. The Balaban J connectivity index is 3.13. The summed E-state index contributed by atoms with van der Waals surface area (Å²) in [5, 5.41) is 3.04. The molecule has 0 aliphatic rings. The molecule has 0 aliphatic heterocycles. The van der Waals surface area contributed by atoms with Gasteiger partial charge in [-0.2, -0.15) is 0 Å². The summed E-state index contributed by atoms with van der Waals surface area (Å²) < 4.78 is 11.5. The van der Waals surface area contributed by atoms with Gasteiger partial charge in [0.1, 0.15) is 0 Å². The van der Waals surface area contributed by atoms with Crippen molar-refractivity contribution in [3.63, 3.8) is 0 Å². The number of carbonyl (C=O) groups is 1. The molecule has 0 radical (unpaired) electrons. The summed E-state index contributed by atoms with van der Waals surface area (Å²) in [5.41, 5.74) is 1.08. The van der Waals surface area contributed by atoms with E-state index in [4.69, 9.17) is 9.16 Å². The van der Waals surface area contributed by atoms with Crippen LogP contribution in [0.3, 0.4) is 0 Å². The fraction of sp³-hybridized carbons (Fsp3) is 0.571. The molecule has 1 aromatic rings. The lowest BCUT2D eigenvalue weighted by Crippen LogP contribution is -2.53. The van der Waals surface area contributed by atoms with Gasteiger partial charge in [0.2, 0.25) is 0 Å². The molecule has 0 heterocycles. The Bertz CT molecular complexity index is 591. The quantitative estimate of drug-likeness (QED) is 0.641. The molecule has 1 amide bonds. The Morgan fingerprint density at radius 1 is 1.15 bits per heavy atom. The SMILES string of the molecule is COC(=O)N[C@@H](/C=C/c1ccccc1)[C@@H](O[Si](C)(C)C(C)(C)C)C(C)C. The van der Waals surface area contributed by atoms with Crippen LogP contribution >= 0.6 is 0 Å². The maximum absolute atomic E-state index is 11.9. The number of carbonyl (C=O) groups excluding carboxylic acids is 1. The number of ether oxygens (including phenoxy) is 1. The van der Waals surface area contributed by atoms with Crippen LogP contribution in [0.1, 0.15) is 40.2 Å². The lowest BCUT2D eigenvalue weighted by Gasteiger charge is -2.42. The van der Waals surface area contributed by atoms with E-state index in [1.807, 2.05) is 42.5 Å². The standard InChI is InChI=1S/C21H35NO3Si/c1-16(2)19(25-26(7,8)21(3,4)5)18(22-20(23)24-6)15-14-17-12-10-9-11-13-17/h9-16,18-19H,1-8H3,(H,22,23)/b15-14+/t18-,19-/m0/s1. The van der Waals surface area contributed by atoms with Gasteiger partial charge in [-0.3, -0.25) is 0 Å². The molecule has 0 spiro atoms. The zero-order valence-electron chi connectivity index (χ0n) is 17.5. The number of methoxy groups -OCH3 is 1.